The Morgan fingerprint density at radius 2 is 1.77 bits per heavy atom. The monoisotopic (exact) mass is 498 g/mol. The lowest BCUT2D eigenvalue weighted by atomic mass is 10.1. The first-order valence-corrected chi connectivity index (χ1v) is 11.8. The van der Waals surface area contributed by atoms with Gasteiger partial charge in [0.1, 0.15) is 24.2 Å². The van der Waals surface area contributed by atoms with E-state index in [-0.39, 0.29) is 12.7 Å². The molecule has 2 heterocycles. The molecule has 1 aliphatic rings. The highest BCUT2D eigenvalue weighted by Crippen LogP contribution is 2.30. The van der Waals surface area contributed by atoms with Crippen molar-refractivity contribution < 1.29 is 9.47 Å². The fourth-order valence-corrected chi connectivity index (χ4v) is 4.49. The lowest BCUT2D eigenvalue weighted by Gasteiger charge is -2.24. The lowest BCUT2D eigenvalue weighted by Crippen LogP contribution is -2.34. The molecule has 4 rings (SSSR count). The molecular weight excluding hydrogens is 479 g/mol. The Morgan fingerprint density at radius 3 is 2.55 bits per heavy atom. The van der Waals surface area contributed by atoms with Gasteiger partial charge in [0.05, 0.1) is 10.0 Å². The first kappa shape index (κ1) is 22.4. The maximum atomic E-state index is 6.43. The average molecular weight is 500 g/mol. The summed E-state index contributed by atoms with van der Waals surface area (Å²) in [5, 5.41) is 18.0. The SMILES string of the molecule is Clc1ccc(OCc2nnc(NCc3ccc(OC4CCNCC4)c(Cl)c3)s2)c(Cl)c1. The molecule has 0 saturated carbocycles. The Hall–Kier alpha value is -1.77. The van der Waals surface area contributed by atoms with E-state index < -0.39 is 0 Å². The number of piperidine rings is 1. The smallest absolute Gasteiger partial charge is 0.206 e. The number of anilines is 1. The molecule has 0 atom stereocenters. The van der Waals surface area contributed by atoms with E-state index >= 15 is 0 Å². The van der Waals surface area contributed by atoms with Crippen LogP contribution in [0.15, 0.2) is 36.4 Å². The molecular formula is C21H21Cl3N4O2S. The van der Waals surface area contributed by atoms with Crippen LogP contribution in [0.3, 0.4) is 0 Å². The van der Waals surface area contributed by atoms with Gasteiger partial charge in [0.25, 0.3) is 0 Å². The van der Waals surface area contributed by atoms with Crippen LogP contribution in [0.4, 0.5) is 5.13 Å². The molecule has 0 amide bonds. The first-order valence-electron chi connectivity index (χ1n) is 9.87. The first-order chi connectivity index (χ1) is 15.1. The highest BCUT2D eigenvalue weighted by Gasteiger charge is 2.16. The van der Waals surface area contributed by atoms with Crippen LogP contribution < -0.4 is 20.1 Å². The van der Waals surface area contributed by atoms with E-state index in [0.29, 0.717) is 32.5 Å². The molecule has 31 heavy (non-hydrogen) atoms. The van der Waals surface area contributed by atoms with Crippen molar-refractivity contribution in [3.05, 3.63) is 62.0 Å². The topological polar surface area (TPSA) is 68.3 Å². The highest BCUT2D eigenvalue weighted by atomic mass is 35.5. The Morgan fingerprint density at radius 1 is 1.00 bits per heavy atom. The number of ether oxygens (including phenoxy) is 2. The van der Waals surface area contributed by atoms with Gasteiger partial charge >= 0.3 is 0 Å². The van der Waals surface area contributed by atoms with Gasteiger partial charge in [0.2, 0.25) is 5.13 Å². The van der Waals surface area contributed by atoms with E-state index in [0.717, 1.165) is 42.3 Å². The van der Waals surface area contributed by atoms with Gasteiger partial charge in [0.15, 0.2) is 5.01 Å². The second kappa shape index (κ2) is 10.7. The van der Waals surface area contributed by atoms with E-state index in [1.165, 1.54) is 11.3 Å². The Balaban J connectivity index is 1.28. The molecule has 0 spiro atoms. The second-order valence-corrected chi connectivity index (χ2v) is 9.36. The Kier molecular flexibility index (Phi) is 7.74. The third-order valence-corrected chi connectivity index (χ3v) is 6.41. The van der Waals surface area contributed by atoms with Crippen molar-refractivity contribution >= 4 is 51.3 Å². The summed E-state index contributed by atoms with van der Waals surface area (Å²) in [6.45, 7) is 2.80. The summed E-state index contributed by atoms with van der Waals surface area (Å²) in [7, 11) is 0. The van der Waals surface area contributed by atoms with Crippen LogP contribution in [-0.4, -0.2) is 29.4 Å². The number of aromatic nitrogens is 2. The fraction of sp³-hybridized carbons (Fsp3) is 0.333. The van der Waals surface area contributed by atoms with E-state index in [1.807, 2.05) is 18.2 Å². The summed E-state index contributed by atoms with van der Waals surface area (Å²) in [6.07, 6.45) is 2.20. The van der Waals surface area contributed by atoms with Gasteiger partial charge in [-0.1, -0.05) is 52.2 Å². The molecule has 6 nitrogen and oxygen atoms in total. The van der Waals surface area contributed by atoms with Gasteiger partial charge < -0.3 is 20.1 Å². The number of rotatable bonds is 8. The minimum absolute atomic E-state index is 0.215. The molecule has 1 fully saturated rings. The molecule has 0 aliphatic carbocycles. The summed E-state index contributed by atoms with van der Waals surface area (Å²) >= 11 is 19.9. The number of nitrogens with one attached hydrogen (secondary N) is 2. The third-order valence-electron chi connectivity index (χ3n) is 4.73. The highest BCUT2D eigenvalue weighted by molar-refractivity contribution is 7.15. The molecule has 1 aliphatic heterocycles. The van der Waals surface area contributed by atoms with Crippen LogP contribution in [0.5, 0.6) is 11.5 Å². The van der Waals surface area contributed by atoms with Crippen molar-refractivity contribution in [3.63, 3.8) is 0 Å². The number of benzene rings is 2. The quantitative estimate of drug-likeness (QED) is 0.407. The second-order valence-electron chi connectivity index (χ2n) is 7.05. The summed E-state index contributed by atoms with van der Waals surface area (Å²) in [5.41, 5.74) is 1.03. The van der Waals surface area contributed by atoms with Crippen LogP contribution in [0, 0.1) is 0 Å². The molecule has 164 valence electrons. The fourth-order valence-electron chi connectivity index (χ4n) is 3.14. The van der Waals surface area contributed by atoms with Crippen LogP contribution in [-0.2, 0) is 13.2 Å². The van der Waals surface area contributed by atoms with Crippen LogP contribution in [0.2, 0.25) is 15.1 Å². The maximum absolute atomic E-state index is 6.43. The zero-order valence-corrected chi connectivity index (χ0v) is 19.6. The molecule has 0 unspecified atom stereocenters. The van der Waals surface area contributed by atoms with Crippen molar-refractivity contribution in [2.24, 2.45) is 0 Å². The van der Waals surface area contributed by atoms with Gasteiger partial charge in [0, 0.05) is 11.6 Å². The molecule has 0 bridgehead atoms. The van der Waals surface area contributed by atoms with Crippen molar-refractivity contribution in [2.75, 3.05) is 18.4 Å². The normalized spacial score (nSPS) is 14.4. The number of nitrogens with zero attached hydrogens (tertiary/aromatic N) is 2. The third kappa shape index (κ3) is 6.37. The minimum Gasteiger partial charge on any atom is -0.489 e. The largest absolute Gasteiger partial charge is 0.489 e. The predicted octanol–water partition coefficient (Wildman–Crippen LogP) is 5.82. The van der Waals surface area contributed by atoms with Crippen molar-refractivity contribution in [2.45, 2.75) is 32.1 Å². The number of hydrogen-bond donors (Lipinski definition) is 2. The van der Waals surface area contributed by atoms with Gasteiger partial charge in [-0.05, 0) is 61.8 Å². The number of hydrogen-bond acceptors (Lipinski definition) is 7. The zero-order valence-electron chi connectivity index (χ0n) is 16.5. The molecule has 3 aromatic rings. The van der Waals surface area contributed by atoms with Gasteiger partial charge in [-0.15, -0.1) is 10.2 Å². The van der Waals surface area contributed by atoms with Gasteiger partial charge in [-0.3, -0.25) is 0 Å². The van der Waals surface area contributed by atoms with Crippen molar-refractivity contribution in [3.8, 4) is 11.5 Å². The summed E-state index contributed by atoms with van der Waals surface area (Å²) in [4.78, 5) is 0. The van der Waals surface area contributed by atoms with Crippen molar-refractivity contribution in [1.82, 2.24) is 15.5 Å². The van der Waals surface area contributed by atoms with E-state index in [1.54, 1.807) is 18.2 Å². The standard InChI is InChI=1S/C21H21Cl3N4O2S/c22-14-2-4-18(17(24)10-14)29-12-20-27-28-21(31-20)26-11-13-1-3-19(16(23)9-13)30-15-5-7-25-8-6-15/h1-4,9-10,15,25H,5-8,11-12H2,(H,26,28). The summed E-state index contributed by atoms with van der Waals surface area (Å²) < 4.78 is 11.7. The molecule has 1 saturated heterocycles. The molecule has 1 aromatic heterocycles. The van der Waals surface area contributed by atoms with E-state index in [9.17, 15) is 0 Å². The Bertz CT molecular complexity index is 1030. The van der Waals surface area contributed by atoms with Crippen LogP contribution >= 0.6 is 46.1 Å². The molecule has 0 radical (unpaired) electrons. The number of halogens is 3. The van der Waals surface area contributed by atoms with E-state index in [4.69, 9.17) is 44.3 Å². The average Bonchev–Trinajstić information content (AvgIpc) is 3.22. The minimum atomic E-state index is 0.215. The van der Waals surface area contributed by atoms with Crippen molar-refractivity contribution in [1.29, 1.82) is 0 Å². The maximum Gasteiger partial charge on any atom is 0.206 e. The lowest BCUT2D eigenvalue weighted by molar-refractivity contribution is 0.162. The summed E-state index contributed by atoms with van der Waals surface area (Å²) in [6, 6.07) is 10.9. The van der Waals surface area contributed by atoms with E-state index in [2.05, 4.69) is 20.8 Å². The zero-order chi connectivity index (χ0) is 21.6. The summed E-state index contributed by atoms with van der Waals surface area (Å²) in [5.74, 6) is 1.28. The molecule has 10 heteroatoms. The van der Waals surface area contributed by atoms with Gasteiger partial charge in [-0.25, -0.2) is 0 Å². The van der Waals surface area contributed by atoms with Crippen LogP contribution in [0.1, 0.15) is 23.4 Å². The van der Waals surface area contributed by atoms with Crippen LogP contribution in [0.25, 0.3) is 0 Å². The molecule has 2 N–H and O–H groups in total. The Labute approximate surface area is 199 Å². The molecule has 2 aromatic carbocycles. The predicted molar refractivity (Wildman–Crippen MR) is 126 cm³/mol. The van der Waals surface area contributed by atoms with Gasteiger partial charge in [-0.2, -0.15) is 0 Å².